The second kappa shape index (κ2) is 8.52. The Morgan fingerprint density at radius 1 is 1.25 bits per heavy atom. The van der Waals surface area contributed by atoms with Crippen LogP contribution in [-0.4, -0.2) is 42.1 Å². The Labute approximate surface area is 143 Å². The van der Waals surface area contributed by atoms with Crippen LogP contribution in [0.15, 0.2) is 18.3 Å². The minimum atomic E-state index is -0.606. The van der Waals surface area contributed by atoms with E-state index in [0.29, 0.717) is 5.69 Å². The van der Waals surface area contributed by atoms with Gasteiger partial charge in [-0.25, -0.2) is 9.78 Å². The van der Waals surface area contributed by atoms with Gasteiger partial charge in [-0.1, -0.05) is 6.92 Å². The van der Waals surface area contributed by atoms with Crippen molar-refractivity contribution >= 4 is 23.4 Å². The van der Waals surface area contributed by atoms with Gasteiger partial charge in [-0.15, -0.1) is 0 Å². The van der Waals surface area contributed by atoms with Crippen LogP contribution in [0.2, 0.25) is 0 Å². The minimum absolute atomic E-state index is 0.0879. The van der Waals surface area contributed by atoms with Crippen molar-refractivity contribution in [3.05, 3.63) is 18.3 Å². The molecule has 2 rings (SSSR count). The lowest BCUT2D eigenvalue weighted by Gasteiger charge is -2.21. The highest BCUT2D eigenvalue weighted by molar-refractivity contribution is 5.95. The predicted molar refractivity (Wildman–Crippen MR) is 95.2 cm³/mol. The fraction of sp³-hybridized carbons (Fsp3) is 0.588. The molecule has 132 valence electrons. The molecular weight excluding hydrogens is 306 g/mol. The van der Waals surface area contributed by atoms with E-state index in [1.165, 1.54) is 0 Å². The smallest absolute Gasteiger partial charge is 0.319 e. The second-order valence-electron chi connectivity index (χ2n) is 6.21. The van der Waals surface area contributed by atoms with Gasteiger partial charge in [0.05, 0.1) is 5.69 Å². The van der Waals surface area contributed by atoms with Crippen molar-refractivity contribution < 1.29 is 9.59 Å². The molecule has 0 aliphatic carbocycles. The zero-order valence-electron chi connectivity index (χ0n) is 14.6. The first-order chi connectivity index (χ1) is 11.5. The Balaban J connectivity index is 1.94. The van der Waals surface area contributed by atoms with Crippen molar-refractivity contribution in [2.24, 2.45) is 0 Å². The molecule has 7 heteroatoms. The van der Waals surface area contributed by atoms with Gasteiger partial charge in [0.2, 0.25) is 5.91 Å². The number of rotatable bonds is 6. The highest BCUT2D eigenvalue weighted by Crippen LogP contribution is 2.25. The Morgan fingerprint density at radius 2 is 1.96 bits per heavy atom. The summed E-state index contributed by atoms with van der Waals surface area (Å²) in [6, 6.07) is 2.68. The quantitative estimate of drug-likeness (QED) is 0.744. The van der Waals surface area contributed by atoms with Crippen LogP contribution in [0.4, 0.5) is 16.3 Å². The number of nitrogens with one attached hydrogen (secondary N) is 3. The van der Waals surface area contributed by atoms with Gasteiger partial charge in [-0.3, -0.25) is 4.79 Å². The molecule has 3 amide bonds. The van der Waals surface area contributed by atoms with Crippen LogP contribution >= 0.6 is 0 Å². The number of carbonyl (C=O) groups is 2. The first-order valence-corrected chi connectivity index (χ1v) is 8.59. The summed E-state index contributed by atoms with van der Waals surface area (Å²) in [4.78, 5) is 30.7. The van der Waals surface area contributed by atoms with Crippen LogP contribution in [0.25, 0.3) is 0 Å². The van der Waals surface area contributed by atoms with E-state index in [9.17, 15) is 9.59 Å². The SMILES string of the molecule is CC[C@@H](C)NC(=O)[C@@H](C)NC(=O)Nc1cccnc1N1CCCC1. The highest BCUT2D eigenvalue weighted by Gasteiger charge is 2.20. The molecule has 2 heterocycles. The Morgan fingerprint density at radius 3 is 2.62 bits per heavy atom. The molecule has 1 aliphatic rings. The number of amides is 3. The van der Waals surface area contributed by atoms with Crippen LogP contribution in [0, 0.1) is 0 Å². The summed E-state index contributed by atoms with van der Waals surface area (Å²) in [6.07, 6.45) is 4.84. The summed E-state index contributed by atoms with van der Waals surface area (Å²) in [7, 11) is 0. The number of anilines is 2. The number of hydrogen-bond acceptors (Lipinski definition) is 4. The summed E-state index contributed by atoms with van der Waals surface area (Å²) >= 11 is 0. The molecule has 1 aromatic rings. The molecule has 0 unspecified atom stereocenters. The zero-order chi connectivity index (χ0) is 17.5. The van der Waals surface area contributed by atoms with Crippen LogP contribution in [-0.2, 0) is 4.79 Å². The lowest BCUT2D eigenvalue weighted by atomic mass is 10.2. The van der Waals surface area contributed by atoms with Crippen molar-refractivity contribution in [1.82, 2.24) is 15.6 Å². The molecule has 1 aliphatic heterocycles. The van der Waals surface area contributed by atoms with E-state index in [2.05, 4.69) is 25.8 Å². The Kier molecular flexibility index (Phi) is 6.40. The molecule has 0 saturated carbocycles. The van der Waals surface area contributed by atoms with Crippen LogP contribution < -0.4 is 20.9 Å². The van der Waals surface area contributed by atoms with Gasteiger partial charge in [-0.2, -0.15) is 0 Å². The van der Waals surface area contributed by atoms with Gasteiger partial charge >= 0.3 is 6.03 Å². The molecule has 0 aromatic carbocycles. The molecule has 1 aromatic heterocycles. The lowest BCUT2D eigenvalue weighted by molar-refractivity contribution is -0.123. The zero-order valence-corrected chi connectivity index (χ0v) is 14.6. The van der Waals surface area contributed by atoms with E-state index in [0.717, 1.165) is 38.2 Å². The fourth-order valence-electron chi connectivity index (χ4n) is 2.57. The largest absolute Gasteiger partial charge is 0.355 e. The van der Waals surface area contributed by atoms with Gasteiger partial charge in [0.15, 0.2) is 5.82 Å². The van der Waals surface area contributed by atoms with E-state index in [1.807, 2.05) is 19.9 Å². The maximum Gasteiger partial charge on any atom is 0.319 e. The van der Waals surface area contributed by atoms with Gasteiger partial charge in [0, 0.05) is 25.3 Å². The van der Waals surface area contributed by atoms with Crippen molar-refractivity contribution in [1.29, 1.82) is 0 Å². The van der Waals surface area contributed by atoms with E-state index in [1.54, 1.807) is 19.2 Å². The fourth-order valence-corrected chi connectivity index (χ4v) is 2.57. The molecule has 0 radical (unpaired) electrons. The Hall–Kier alpha value is -2.31. The molecule has 0 bridgehead atoms. The molecule has 7 nitrogen and oxygen atoms in total. The number of urea groups is 1. The summed E-state index contributed by atoms with van der Waals surface area (Å²) in [5.74, 6) is 0.590. The molecule has 1 saturated heterocycles. The van der Waals surface area contributed by atoms with Gasteiger partial charge < -0.3 is 20.9 Å². The molecule has 0 spiro atoms. The molecule has 3 N–H and O–H groups in total. The normalized spacial score (nSPS) is 16.4. The monoisotopic (exact) mass is 333 g/mol. The molecular formula is C17H27N5O2. The van der Waals surface area contributed by atoms with Crippen molar-refractivity contribution in [3.8, 4) is 0 Å². The van der Waals surface area contributed by atoms with E-state index in [-0.39, 0.29) is 11.9 Å². The lowest BCUT2D eigenvalue weighted by Crippen LogP contribution is -2.48. The van der Waals surface area contributed by atoms with E-state index in [4.69, 9.17) is 0 Å². The summed E-state index contributed by atoms with van der Waals surface area (Å²) in [5.41, 5.74) is 0.659. The maximum atomic E-state index is 12.2. The van der Waals surface area contributed by atoms with E-state index >= 15 is 0 Å². The van der Waals surface area contributed by atoms with Crippen LogP contribution in [0.3, 0.4) is 0 Å². The summed E-state index contributed by atoms with van der Waals surface area (Å²) in [6.45, 7) is 7.49. The van der Waals surface area contributed by atoms with Crippen molar-refractivity contribution in [3.63, 3.8) is 0 Å². The van der Waals surface area contributed by atoms with Gasteiger partial charge in [-0.05, 0) is 45.2 Å². The number of aromatic nitrogens is 1. The molecule has 1 fully saturated rings. The number of nitrogens with zero attached hydrogens (tertiary/aromatic N) is 2. The predicted octanol–water partition coefficient (Wildman–Crippen LogP) is 2.11. The second-order valence-corrected chi connectivity index (χ2v) is 6.21. The van der Waals surface area contributed by atoms with Gasteiger partial charge in [0.25, 0.3) is 0 Å². The Bertz CT molecular complexity index is 572. The highest BCUT2D eigenvalue weighted by atomic mass is 16.2. The summed E-state index contributed by atoms with van der Waals surface area (Å²) in [5, 5.41) is 8.33. The summed E-state index contributed by atoms with van der Waals surface area (Å²) < 4.78 is 0. The number of pyridine rings is 1. The third-order valence-corrected chi connectivity index (χ3v) is 4.18. The number of carbonyl (C=O) groups excluding carboxylic acids is 2. The standard InChI is InChI=1S/C17H27N5O2/c1-4-12(2)19-16(23)13(3)20-17(24)21-14-8-7-9-18-15(14)22-10-5-6-11-22/h7-9,12-13H,4-6,10-11H2,1-3H3,(H,19,23)(H2,20,21,24)/t12-,13-/m1/s1. The molecule has 24 heavy (non-hydrogen) atoms. The van der Waals surface area contributed by atoms with E-state index < -0.39 is 12.1 Å². The third kappa shape index (κ3) is 4.84. The average molecular weight is 333 g/mol. The van der Waals surface area contributed by atoms with Crippen LogP contribution in [0.1, 0.15) is 40.0 Å². The number of hydrogen-bond donors (Lipinski definition) is 3. The third-order valence-electron chi connectivity index (χ3n) is 4.18. The van der Waals surface area contributed by atoms with Crippen molar-refractivity contribution in [2.45, 2.75) is 52.1 Å². The van der Waals surface area contributed by atoms with Gasteiger partial charge in [0.1, 0.15) is 6.04 Å². The molecule has 2 atom stereocenters. The van der Waals surface area contributed by atoms with Crippen LogP contribution in [0.5, 0.6) is 0 Å². The van der Waals surface area contributed by atoms with Crippen molar-refractivity contribution in [2.75, 3.05) is 23.3 Å². The minimum Gasteiger partial charge on any atom is -0.355 e. The topological polar surface area (TPSA) is 86.4 Å². The average Bonchev–Trinajstić information content (AvgIpc) is 3.09. The first kappa shape index (κ1) is 18.0. The maximum absolute atomic E-state index is 12.2. The first-order valence-electron chi connectivity index (χ1n) is 8.59.